The van der Waals surface area contributed by atoms with Gasteiger partial charge in [0.15, 0.2) is 5.76 Å². The highest BCUT2D eigenvalue weighted by Gasteiger charge is 2.27. The van der Waals surface area contributed by atoms with E-state index in [0.29, 0.717) is 18.2 Å². The third kappa shape index (κ3) is 2.89. The number of nitrogens with zero attached hydrogens (tertiary/aromatic N) is 1. The molecular weight excluding hydrogens is 257 g/mol. The van der Waals surface area contributed by atoms with Gasteiger partial charge in [0, 0.05) is 17.6 Å². The maximum Gasteiger partial charge on any atom is 0.208 e. The maximum absolute atomic E-state index is 12.9. The van der Waals surface area contributed by atoms with Crippen molar-refractivity contribution in [3.05, 3.63) is 42.2 Å². The highest BCUT2D eigenvalue weighted by molar-refractivity contribution is 5.55. The molecule has 1 aromatic carbocycles. The second kappa shape index (κ2) is 5.34. The van der Waals surface area contributed by atoms with Gasteiger partial charge in [-0.05, 0) is 44.2 Å². The number of aromatic nitrogens is 1. The lowest BCUT2D eigenvalue weighted by atomic mass is 10.0. The number of oxazole rings is 1. The van der Waals surface area contributed by atoms with Crippen LogP contribution in [0, 0.1) is 5.82 Å². The average molecular weight is 275 g/mol. The largest absolute Gasteiger partial charge is 0.439 e. The summed E-state index contributed by atoms with van der Waals surface area (Å²) in [6.07, 6.45) is 2.78. The normalized spacial score (nSPS) is 22.3. The Morgan fingerprint density at radius 3 is 2.90 bits per heavy atom. The van der Waals surface area contributed by atoms with Crippen LogP contribution in [-0.4, -0.2) is 23.6 Å². The summed E-state index contributed by atoms with van der Waals surface area (Å²) < 4.78 is 18.6. The van der Waals surface area contributed by atoms with Gasteiger partial charge in [0.2, 0.25) is 5.89 Å². The molecule has 1 unspecified atom stereocenters. The van der Waals surface area contributed by atoms with Gasteiger partial charge >= 0.3 is 0 Å². The lowest BCUT2D eigenvalue weighted by Crippen LogP contribution is -2.43. The third-order valence-electron chi connectivity index (χ3n) is 3.72. The summed E-state index contributed by atoms with van der Waals surface area (Å²) in [5.74, 6) is 1.06. The molecule has 4 nitrogen and oxygen atoms in total. The van der Waals surface area contributed by atoms with E-state index < -0.39 is 0 Å². The van der Waals surface area contributed by atoms with Crippen molar-refractivity contribution in [1.29, 1.82) is 0 Å². The van der Waals surface area contributed by atoms with Crippen LogP contribution >= 0.6 is 0 Å². The molecule has 0 bridgehead atoms. The van der Waals surface area contributed by atoms with E-state index in [-0.39, 0.29) is 11.4 Å². The molecule has 0 amide bonds. The lowest BCUT2D eigenvalue weighted by Gasteiger charge is -2.23. The number of hydrogen-bond acceptors (Lipinski definition) is 4. The second-order valence-electron chi connectivity index (χ2n) is 5.47. The first-order chi connectivity index (χ1) is 9.65. The minimum atomic E-state index is -0.253. The van der Waals surface area contributed by atoms with E-state index in [2.05, 4.69) is 22.5 Å². The number of hydrogen-bond donors (Lipinski definition) is 2. The molecule has 5 heteroatoms. The van der Waals surface area contributed by atoms with Gasteiger partial charge in [0.25, 0.3) is 0 Å². The van der Waals surface area contributed by atoms with Crippen molar-refractivity contribution in [2.45, 2.75) is 25.4 Å². The number of benzene rings is 1. The average Bonchev–Trinajstić information content (AvgIpc) is 3.07. The van der Waals surface area contributed by atoms with E-state index in [0.717, 1.165) is 25.1 Å². The fourth-order valence-corrected chi connectivity index (χ4v) is 2.40. The molecule has 0 aliphatic carbocycles. The summed E-state index contributed by atoms with van der Waals surface area (Å²) >= 11 is 0. The summed E-state index contributed by atoms with van der Waals surface area (Å²) in [7, 11) is 0. The molecule has 1 aromatic heterocycles. The van der Waals surface area contributed by atoms with E-state index in [4.69, 9.17) is 4.42 Å². The molecule has 1 fully saturated rings. The first-order valence-corrected chi connectivity index (χ1v) is 6.81. The van der Waals surface area contributed by atoms with Crippen LogP contribution in [0.5, 0.6) is 0 Å². The first kappa shape index (κ1) is 13.3. The molecule has 0 saturated carbocycles. The summed E-state index contributed by atoms with van der Waals surface area (Å²) in [6.45, 7) is 4.78. The van der Waals surface area contributed by atoms with Crippen molar-refractivity contribution < 1.29 is 8.81 Å². The molecule has 20 heavy (non-hydrogen) atoms. The lowest BCUT2D eigenvalue weighted by molar-refractivity contribution is 0.356. The van der Waals surface area contributed by atoms with Gasteiger partial charge in [0.05, 0.1) is 12.7 Å². The Kier molecular flexibility index (Phi) is 3.54. The Labute approximate surface area is 117 Å². The van der Waals surface area contributed by atoms with Gasteiger partial charge in [-0.25, -0.2) is 9.37 Å². The molecule has 2 heterocycles. The van der Waals surface area contributed by atoms with E-state index >= 15 is 0 Å². The molecule has 1 aliphatic heterocycles. The van der Waals surface area contributed by atoms with Crippen LogP contribution in [0.4, 0.5) is 4.39 Å². The van der Waals surface area contributed by atoms with Gasteiger partial charge < -0.3 is 15.1 Å². The predicted octanol–water partition coefficient (Wildman–Crippen LogP) is 2.32. The molecule has 2 N–H and O–H groups in total. The van der Waals surface area contributed by atoms with Crippen molar-refractivity contribution >= 4 is 0 Å². The van der Waals surface area contributed by atoms with E-state index in [1.807, 2.05) is 0 Å². The predicted molar refractivity (Wildman–Crippen MR) is 74.6 cm³/mol. The monoisotopic (exact) mass is 275 g/mol. The molecule has 1 saturated heterocycles. The van der Waals surface area contributed by atoms with Gasteiger partial charge in [-0.1, -0.05) is 0 Å². The molecule has 106 valence electrons. The topological polar surface area (TPSA) is 50.1 Å². The quantitative estimate of drug-likeness (QED) is 0.899. The number of nitrogens with one attached hydrogen (secondary N) is 2. The SMILES string of the molecule is CC1(NCc2ncc(-c3ccc(F)cc3)o2)CCNC1. The van der Waals surface area contributed by atoms with Crippen LogP contribution in [0.3, 0.4) is 0 Å². The smallest absolute Gasteiger partial charge is 0.208 e. The van der Waals surface area contributed by atoms with E-state index in [1.165, 1.54) is 12.1 Å². The summed E-state index contributed by atoms with van der Waals surface area (Å²) in [5, 5.41) is 6.81. The molecule has 1 aliphatic rings. The Bertz CT molecular complexity index is 573. The zero-order valence-corrected chi connectivity index (χ0v) is 11.4. The highest BCUT2D eigenvalue weighted by Crippen LogP contribution is 2.21. The summed E-state index contributed by atoms with van der Waals surface area (Å²) in [6, 6.07) is 6.21. The molecule has 0 radical (unpaired) electrons. The van der Waals surface area contributed by atoms with Crippen molar-refractivity contribution in [3.8, 4) is 11.3 Å². The molecule has 2 aromatic rings. The van der Waals surface area contributed by atoms with Crippen LogP contribution in [-0.2, 0) is 6.54 Å². The second-order valence-corrected chi connectivity index (χ2v) is 5.47. The van der Waals surface area contributed by atoms with Crippen molar-refractivity contribution in [3.63, 3.8) is 0 Å². The zero-order chi connectivity index (χ0) is 14.0. The van der Waals surface area contributed by atoms with E-state index in [9.17, 15) is 4.39 Å². The van der Waals surface area contributed by atoms with Crippen LogP contribution in [0.1, 0.15) is 19.2 Å². The van der Waals surface area contributed by atoms with E-state index in [1.54, 1.807) is 18.3 Å². The maximum atomic E-state index is 12.9. The number of rotatable bonds is 4. The Hall–Kier alpha value is -1.72. The van der Waals surface area contributed by atoms with Crippen molar-refractivity contribution in [2.75, 3.05) is 13.1 Å². The standard InChI is InChI=1S/C15H18FN3O/c1-15(6-7-17-10-15)19-9-14-18-8-13(20-14)11-2-4-12(16)5-3-11/h2-5,8,17,19H,6-7,9-10H2,1H3. The first-order valence-electron chi connectivity index (χ1n) is 6.81. The molecule has 0 spiro atoms. The van der Waals surface area contributed by atoms with Crippen LogP contribution in [0.2, 0.25) is 0 Å². The molecule has 1 atom stereocenters. The minimum Gasteiger partial charge on any atom is -0.439 e. The Morgan fingerprint density at radius 1 is 1.40 bits per heavy atom. The van der Waals surface area contributed by atoms with Crippen LogP contribution in [0.25, 0.3) is 11.3 Å². The molecule has 3 rings (SSSR count). The van der Waals surface area contributed by atoms with Gasteiger partial charge in [-0.3, -0.25) is 0 Å². The summed E-state index contributed by atoms with van der Waals surface area (Å²) in [5.41, 5.74) is 0.934. The van der Waals surface area contributed by atoms with Gasteiger partial charge in [0.1, 0.15) is 5.82 Å². The fraction of sp³-hybridized carbons (Fsp3) is 0.400. The fourth-order valence-electron chi connectivity index (χ4n) is 2.40. The Morgan fingerprint density at radius 2 is 2.20 bits per heavy atom. The van der Waals surface area contributed by atoms with Crippen LogP contribution < -0.4 is 10.6 Å². The zero-order valence-electron chi connectivity index (χ0n) is 11.4. The highest BCUT2D eigenvalue weighted by atomic mass is 19.1. The molecular formula is C15H18FN3O. The van der Waals surface area contributed by atoms with Gasteiger partial charge in [-0.2, -0.15) is 0 Å². The van der Waals surface area contributed by atoms with Gasteiger partial charge in [-0.15, -0.1) is 0 Å². The Balaban J connectivity index is 1.66. The summed E-state index contributed by atoms with van der Waals surface area (Å²) in [4.78, 5) is 4.26. The number of halogens is 1. The van der Waals surface area contributed by atoms with Crippen LogP contribution in [0.15, 0.2) is 34.9 Å². The van der Waals surface area contributed by atoms with Crippen molar-refractivity contribution in [1.82, 2.24) is 15.6 Å². The van der Waals surface area contributed by atoms with Crippen molar-refractivity contribution in [2.24, 2.45) is 0 Å². The minimum absolute atomic E-state index is 0.102. The third-order valence-corrected chi connectivity index (χ3v) is 3.72.